The number of ether oxygens (including phenoxy) is 1. The Kier molecular flexibility index (Phi) is 5.40. The van der Waals surface area contributed by atoms with Gasteiger partial charge in [-0.3, -0.25) is 9.52 Å². The number of anilines is 1. The predicted molar refractivity (Wildman–Crippen MR) is 87.7 cm³/mol. The predicted octanol–water partition coefficient (Wildman–Crippen LogP) is 2.05. The molecule has 24 heavy (non-hydrogen) atoms. The highest BCUT2D eigenvalue weighted by Gasteiger charge is 2.17. The highest BCUT2D eigenvalue weighted by molar-refractivity contribution is 7.92. The molecule has 0 atom stereocenters. The maximum atomic E-state index is 13.8. The molecule has 0 radical (unpaired) electrons. The van der Waals surface area contributed by atoms with E-state index >= 15 is 0 Å². The zero-order chi connectivity index (χ0) is 17.7. The fourth-order valence-corrected chi connectivity index (χ4v) is 3.10. The molecule has 0 spiro atoms. The average molecular weight is 352 g/mol. The maximum Gasteiger partial charge on any atom is 0.262 e. The number of primary amides is 1. The van der Waals surface area contributed by atoms with Gasteiger partial charge < -0.3 is 10.5 Å². The zero-order valence-corrected chi connectivity index (χ0v) is 13.8. The lowest BCUT2D eigenvalue weighted by Gasteiger charge is -2.10. The van der Waals surface area contributed by atoms with Crippen molar-refractivity contribution < 1.29 is 22.3 Å². The van der Waals surface area contributed by atoms with Crippen molar-refractivity contribution in [1.29, 1.82) is 0 Å². The number of carbonyl (C=O) groups is 1. The summed E-state index contributed by atoms with van der Waals surface area (Å²) in [5, 5.41) is 0. The molecule has 6 nitrogen and oxygen atoms in total. The Labute approximate surface area is 139 Å². The molecule has 0 aliphatic heterocycles. The molecule has 0 heterocycles. The van der Waals surface area contributed by atoms with Gasteiger partial charge in [0.15, 0.2) is 11.6 Å². The normalized spacial score (nSPS) is 11.1. The van der Waals surface area contributed by atoms with Crippen LogP contribution in [0.15, 0.2) is 47.4 Å². The van der Waals surface area contributed by atoms with Gasteiger partial charge in [-0.25, -0.2) is 12.8 Å². The molecular weight excluding hydrogens is 335 g/mol. The van der Waals surface area contributed by atoms with Crippen LogP contribution in [-0.4, -0.2) is 20.9 Å². The lowest BCUT2D eigenvalue weighted by Crippen LogP contribution is -2.14. The summed E-state index contributed by atoms with van der Waals surface area (Å²) in [6.45, 7) is 1.98. The van der Waals surface area contributed by atoms with E-state index < -0.39 is 21.7 Å². The molecule has 0 bridgehead atoms. The van der Waals surface area contributed by atoms with Crippen molar-refractivity contribution in [2.45, 2.75) is 18.2 Å². The Bertz CT molecular complexity index is 836. The molecule has 2 rings (SSSR count). The Hall–Kier alpha value is -2.61. The third-order valence-electron chi connectivity index (χ3n) is 3.10. The second-order valence-corrected chi connectivity index (χ2v) is 6.65. The van der Waals surface area contributed by atoms with E-state index in [1.165, 1.54) is 24.3 Å². The number of benzene rings is 2. The first-order valence-electron chi connectivity index (χ1n) is 7.14. The summed E-state index contributed by atoms with van der Waals surface area (Å²) in [6.07, 6.45) is 0.0666. The van der Waals surface area contributed by atoms with Crippen LogP contribution in [0.5, 0.6) is 5.75 Å². The molecule has 0 unspecified atom stereocenters. The summed E-state index contributed by atoms with van der Waals surface area (Å²) < 4.78 is 45.8. The Balaban J connectivity index is 2.19. The second kappa shape index (κ2) is 7.31. The molecule has 0 aliphatic carbocycles. The van der Waals surface area contributed by atoms with Gasteiger partial charge in [-0.2, -0.15) is 0 Å². The smallest absolute Gasteiger partial charge is 0.262 e. The van der Waals surface area contributed by atoms with Crippen LogP contribution in [0.2, 0.25) is 0 Å². The van der Waals surface area contributed by atoms with Crippen LogP contribution < -0.4 is 15.2 Å². The minimum Gasteiger partial charge on any atom is -0.491 e. The second-order valence-electron chi connectivity index (χ2n) is 4.97. The van der Waals surface area contributed by atoms with Gasteiger partial charge >= 0.3 is 0 Å². The highest BCUT2D eigenvalue weighted by Crippen LogP contribution is 2.23. The zero-order valence-electron chi connectivity index (χ0n) is 13.0. The summed E-state index contributed by atoms with van der Waals surface area (Å²) in [4.78, 5) is 10.6. The number of amides is 1. The van der Waals surface area contributed by atoms with Crippen LogP contribution in [0.25, 0.3) is 0 Å². The first-order valence-corrected chi connectivity index (χ1v) is 8.62. The van der Waals surface area contributed by atoms with Gasteiger partial charge in [0, 0.05) is 5.69 Å². The number of hydrogen-bond acceptors (Lipinski definition) is 4. The molecule has 8 heteroatoms. The molecule has 2 aromatic rings. The van der Waals surface area contributed by atoms with Gasteiger partial charge in [-0.15, -0.1) is 0 Å². The first kappa shape index (κ1) is 17.7. The van der Waals surface area contributed by atoms with Crippen molar-refractivity contribution in [2.75, 3.05) is 11.3 Å². The number of carbonyl (C=O) groups excluding carboxylic acids is 1. The SMILES string of the molecule is CCOc1ccc(S(=O)(=O)Nc2ccc(CC(N)=O)cc2)cc1F. The summed E-state index contributed by atoms with van der Waals surface area (Å²) in [5.74, 6) is -1.24. The van der Waals surface area contributed by atoms with E-state index in [2.05, 4.69) is 4.72 Å². The molecule has 0 saturated carbocycles. The fraction of sp³-hybridized carbons (Fsp3) is 0.188. The quantitative estimate of drug-likeness (QED) is 0.797. The van der Waals surface area contributed by atoms with Gasteiger partial charge in [0.05, 0.1) is 17.9 Å². The van der Waals surface area contributed by atoms with Crippen molar-refractivity contribution in [2.24, 2.45) is 5.73 Å². The van der Waals surface area contributed by atoms with Crippen LogP contribution in [-0.2, 0) is 21.2 Å². The van der Waals surface area contributed by atoms with Gasteiger partial charge in [-0.1, -0.05) is 12.1 Å². The van der Waals surface area contributed by atoms with E-state index in [1.54, 1.807) is 19.1 Å². The third kappa shape index (κ3) is 4.45. The maximum absolute atomic E-state index is 13.8. The van der Waals surface area contributed by atoms with E-state index in [1.807, 2.05) is 0 Å². The van der Waals surface area contributed by atoms with Crippen LogP contribution in [0.3, 0.4) is 0 Å². The summed E-state index contributed by atoms with van der Waals surface area (Å²) in [5.41, 5.74) is 6.05. The minimum atomic E-state index is -3.94. The van der Waals surface area contributed by atoms with Gasteiger partial charge in [-0.05, 0) is 42.8 Å². The monoisotopic (exact) mass is 352 g/mol. The minimum absolute atomic E-state index is 0.00717. The lowest BCUT2D eigenvalue weighted by molar-refractivity contribution is -0.117. The molecular formula is C16H17FN2O4S. The van der Waals surface area contributed by atoms with Gasteiger partial charge in [0.1, 0.15) is 0 Å². The first-order chi connectivity index (χ1) is 11.3. The van der Waals surface area contributed by atoms with Crippen molar-refractivity contribution in [1.82, 2.24) is 0 Å². The summed E-state index contributed by atoms with van der Waals surface area (Å²) in [6, 6.07) is 9.60. The topological polar surface area (TPSA) is 98.5 Å². The Morgan fingerprint density at radius 2 is 1.88 bits per heavy atom. The summed E-state index contributed by atoms with van der Waals surface area (Å²) in [7, 11) is -3.94. The van der Waals surface area contributed by atoms with Crippen molar-refractivity contribution in [3.05, 3.63) is 53.8 Å². The van der Waals surface area contributed by atoms with E-state index in [0.29, 0.717) is 5.56 Å². The number of nitrogens with two attached hydrogens (primary N) is 1. The largest absolute Gasteiger partial charge is 0.491 e. The van der Waals surface area contributed by atoms with Gasteiger partial charge in [0.25, 0.3) is 10.0 Å². The van der Waals surface area contributed by atoms with Crippen LogP contribution in [0.4, 0.5) is 10.1 Å². The molecule has 0 saturated heterocycles. The lowest BCUT2D eigenvalue weighted by atomic mass is 10.1. The summed E-state index contributed by atoms with van der Waals surface area (Å²) >= 11 is 0. The molecule has 0 aromatic heterocycles. The van der Waals surface area contributed by atoms with Crippen molar-refractivity contribution in [3.63, 3.8) is 0 Å². The van der Waals surface area contributed by atoms with E-state index in [4.69, 9.17) is 10.5 Å². The van der Waals surface area contributed by atoms with Crippen molar-refractivity contribution >= 4 is 21.6 Å². The highest BCUT2D eigenvalue weighted by atomic mass is 32.2. The van der Waals surface area contributed by atoms with Crippen LogP contribution in [0.1, 0.15) is 12.5 Å². The van der Waals surface area contributed by atoms with E-state index in [0.717, 1.165) is 6.07 Å². The number of nitrogens with one attached hydrogen (secondary N) is 1. The van der Waals surface area contributed by atoms with Crippen molar-refractivity contribution in [3.8, 4) is 5.75 Å². The van der Waals surface area contributed by atoms with Crippen LogP contribution in [0, 0.1) is 5.82 Å². The molecule has 1 amide bonds. The molecule has 0 aliphatic rings. The van der Waals surface area contributed by atoms with E-state index in [9.17, 15) is 17.6 Å². The van der Waals surface area contributed by atoms with Crippen LogP contribution >= 0.6 is 0 Å². The molecule has 2 aromatic carbocycles. The molecule has 128 valence electrons. The van der Waals surface area contributed by atoms with Gasteiger partial charge in [0.2, 0.25) is 5.91 Å². The molecule has 0 fully saturated rings. The van der Waals surface area contributed by atoms with E-state index in [-0.39, 0.29) is 29.4 Å². The average Bonchev–Trinajstić information content (AvgIpc) is 2.50. The standard InChI is InChI=1S/C16H17FN2O4S/c1-2-23-15-8-7-13(10-14(15)17)24(21,22)19-12-5-3-11(4-6-12)9-16(18)20/h3-8,10,19H,2,9H2,1H3,(H2,18,20). The third-order valence-corrected chi connectivity index (χ3v) is 4.48. The molecule has 3 N–H and O–H groups in total. The number of rotatable bonds is 7. The Morgan fingerprint density at radius 3 is 2.42 bits per heavy atom. The number of halogens is 1. The number of hydrogen-bond donors (Lipinski definition) is 2. The number of sulfonamides is 1. The fourth-order valence-electron chi connectivity index (χ4n) is 2.03. The Morgan fingerprint density at radius 1 is 1.21 bits per heavy atom.